The van der Waals surface area contributed by atoms with Crippen molar-refractivity contribution in [2.75, 3.05) is 20.3 Å². The fourth-order valence-electron chi connectivity index (χ4n) is 3.06. The maximum atomic E-state index is 12.3. The van der Waals surface area contributed by atoms with Crippen molar-refractivity contribution in [2.45, 2.75) is 38.3 Å². The third-order valence-corrected chi connectivity index (χ3v) is 4.76. The van der Waals surface area contributed by atoms with Gasteiger partial charge in [-0.15, -0.1) is 0 Å². The molecule has 1 fully saturated rings. The number of nitrogens with zero attached hydrogens (tertiary/aromatic N) is 3. The number of methoxy groups -OCH3 is 1. The Kier molecular flexibility index (Phi) is 7.39. The zero-order valence-corrected chi connectivity index (χ0v) is 14.9. The van der Waals surface area contributed by atoms with Crippen molar-refractivity contribution in [2.24, 2.45) is 5.92 Å². The van der Waals surface area contributed by atoms with Crippen LogP contribution in [0.3, 0.4) is 0 Å². The highest BCUT2D eigenvalue weighted by molar-refractivity contribution is 6.29. The summed E-state index contributed by atoms with van der Waals surface area (Å²) in [5.41, 5.74) is 0.530. The van der Waals surface area contributed by atoms with Crippen molar-refractivity contribution in [1.82, 2.24) is 20.2 Å². The Hall–Kier alpha value is -1.93. The summed E-state index contributed by atoms with van der Waals surface area (Å²) >= 11 is 5.92. The molecule has 0 atom stereocenters. The predicted octanol–water partition coefficient (Wildman–Crippen LogP) is 1.93. The Balaban J connectivity index is 1.81. The number of aromatic nitrogens is 2. The van der Waals surface area contributed by atoms with Gasteiger partial charge in [0.1, 0.15) is 0 Å². The van der Waals surface area contributed by atoms with Crippen molar-refractivity contribution >= 4 is 23.6 Å². The quantitative estimate of drug-likeness (QED) is 0.759. The molecule has 0 aliphatic heterocycles. The van der Waals surface area contributed by atoms with E-state index in [1.54, 1.807) is 7.11 Å². The Morgan fingerprint density at radius 3 is 2.60 bits per heavy atom. The van der Waals surface area contributed by atoms with Crippen molar-refractivity contribution in [3.8, 4) is 0 Å². The molecule has 2 N–H and O–H groups in total. The lowest BCUT2D eigenvalue weighted by Crippen LogP contribution is -2.45. The molecule has 2 rings (SSSR count). The first-order valence-electron chi connectivity index (χ1n) is 8.24. The lowest BCUT2D eigenvalue weighted by Gasteiger charge is -2.34. The van der Waals surface area contributed by atoms with E-state index in [0.29, 0.717) is 44.5 Å². The highest BCUT2D eigenvalue weighted by Crippen LogP contribution is 2.28. The first-order valence-corrected chi connectivity index (χ1v) is 8.62. The van der Waals surface area contributed by atoms with E-state index in [4.69, 9.17) is 16.3 Å². The van der Waals surface area contributed by atoms with Crippen LogP contribution in [0.5, 0.6) is 0 Å². The standard InChI is InChI=1S/C16H23ClN4O4/c1-25-9-8-21(16(23)24)12-4-2-11(3-5-12)15(22)20-10-13-14(17)19-7-6-18-13/h6-7,11-12H,2-5,8-10H2,1H3,(H,20,22)(H,23,24). The van der Waals surface area contributed by atoms with Gasteiger partial charge < -0.3 is 20.1 Å². The zero-order valence-electron chi connectivity index (χ0n) is 14.2. The molecular weight excluding hydrogens is 348 g/mol. The molecule has 1 aliphatic carbocycles. The largest absolute Gasteiger partial charge is 0.465 e. The Labute approximate surface area is 151 Å². The van der Waals surface area contributed by atoms with Crippen LogP contribution in [0.15, 0.2) is 12.4 Å². The fraction of sp³-hybridized carbons (Fsp3) is 0.625. The number of carboxylic acid groups (broad SMARTS) is 1. The predicted molar refractivity (Wildman–Crippen MR) is 91.2 cm³/mol. The Morgan fingerprint density at radius 2 is 2.00 bits per heavy atom. The number of amides is 2. The summed E-state index contributed by atoms with van der Waals surface area (Å²) in [6, 6.07) is -0.0638. The van der Waals surface area contributed by atoms with E-state index >= 15 is 0 Å². The molecule has 0 bridgehead atoms. The van der Waals surface area contributed by atoms with Crippen molar-refractivity contribution in [3.63, 3.8) is 0 Å². The van der Waals surface area contributed by atoms with Crippen LogP contribution in [-0.2, 0) is 16.1 Å². The molecule has 0 aromatic carbocycles. The van der Waals surface area contributed by atoms with Crippen molar-refractivity contribution in [3.05, 3.63) is 23.2 Å². The SMILES string of the molecule is COCCN(C(=O)O)C1CCC(C(=O)NCc2nccnc2Cl)CC1. The number of hydrogen-bond donors (Lipinski definition) is 2. The summed E-state index contributed by atoms with van der Waals surface area (Å²) in [5.74, 6) is -0.177. The normalized spacial score (nSPS) is 20.1. The van der Waals surface area contributed by atoms with Crippen LogP contribution in [0.2, 0.25) is 5.15 Å². The molecule has 1 heterocycles. The highest BCUT2D eigenvalue weighted by atomic mass is 35.5. The second-order valence-corrected chi connectivity index (χ2v) is 6.34. The van der Waals surface area contributed by atoms with E-state index in [1.165, 1.54) is 17.3 Å². The highest BCUT2D eigenvalue weighted by Gasteiger charge is 2.31. The maximum Gasteiger partial charge on any atom is 0.407 e. The monoisotopic (exact) mass is 370 g/mol. The maximum absolute atomic E-state index is 12.3. The van der Waals surface area contributed by atoms with E-state index in [1.807, 2.05) is 0 Å². The molecule has 138 valence electrons. The second-order valence-electron chi connectivity index (χ2n) is 5.99. The smallest absolute Gasteiger partial charge is 0.407 e. The minimum Gasteiger partial charge on any atom is -0.465 e. The van der Waals surface area contributed by atoms with Gasteiger partial charge in [0.05, 0.1) is 18.8 Å². The third kappa shape index (κ3) is 5.54. The topological polar surface area (TPSA) is 105 Å². The summed E-state index contributed by atoms with van der Waals surface area (Å²) < 4.78 is 4.97. The van der Waals surface area contributed by atoms with Gasteiger partial charge in [-0.1, -0.05) is 11.6 Å². The minimum atomic E-state index is -0.942. The average Bonchev–Trinajstić information content (AvgIpc) is 2.61. The van der Waals surface area contributed by atoms with Gasteiger partial charge in [-0.2, -0.15) is 0 Å². The summed E-state index contributed by atoms with van der Waals surface area (Å²) in [7, 11) is 1.55. The number of carbonyl (C=O) groups is 2. The van der Waals surface area contributed by atoms with E-state index in [-0.39, 0.29) is 29.6 Å². The molecular formula is C16H23ClN4O4. The summed E-state index contributed by atoms with van der Waals surface area (Å²) in [6.45, 7) is 0.949. The molecule has 1 aromatic heterocycles. The average molecular weight is 371 g/mol. The number of hydrogen-bond acceptors (Lipinski definition) is 5. The molecule has 0 saturated heterocycles. The van der Waals surface area contributed by atoms with Gasteiger partial charge in [0.25, 0.3) is 0 Å². The van der Waals surface area contributed by atoms with Gasteiger partial charge >= 0.3 is 6.09 Å². The molecule has 1 aliphatic rings. The van der Waals surface area contributed by atoms with Gasteiger partial charge in [0.2, 0.25) is 5.91 Å². The lowest BCUT2D eigenvalue weighted by molar-refractivity contribution is -0.126. The molecule has 0 radical (unpaired) electrons. The molecule has 1 saturated carbocycles. The first kappa shape index (κ1) is 19.4. The minimum absolute atomic E-state index is 0.0565. The number of rotatable bonds is 7. The van der Waals surface area contributed by atoms with E-state index in [2.05, 4.69) is 15.3 Å². The Bertz CT molecular complexity index is 593. The summed E-state index contributed by atoms with van der Waals surface area (Å²) in [4.78, 5) is 33.1. The molecule has 2 amide bonds. The molecule has 25 heavy (non-hydrogen) atoms. The van der Waals surface area contributed by atoms with E-state index in [9.17, 15) is 14.7 Å². The van der Waals surface area contributed by atoms with Gasteiger partial charge in [0, 0.05) is 38.0 Å². The lowest BCUT2D eigenvalue weighted by atomic mass is 9.85. The van der Waals surface area contributed by atoms with Gasteiger partial charge in [0.15, 0.2) is 5.15 Å². The molecule has 8 nitrogen and oxygen atoms in total. The molecule has 9 heteroatoms. The molecule has 0 spiro atoms. The van der Waals surface area contributed by atoms with Crippen LogP contribution in [0.25, 0.3) is 0 Å². The van der Waals surface area contributed by atoms with Crippen LogP contribution < -0.4 is 5.32 Å². The van der Waals surface area contributed by atoms with Crippen LogP contribution >= 0.6 is 11.6 Å². The molecule has 1 aromatic rings. The summed E-state index contributed by atoms with van der Waals surface area (Å²) in [6.07, 6.45) is 4.72. The van der Waals surface area contributed by atoms with Crippen LogP contribution in [0, 0.1) is 5.92 Å². The van der Waals surface area contributed by atoms with Gasteiger partial charge in [-0.05, 0) is 25.7 Å². The van der Waals surface area contributed by atoms with Gasteiger partial charge in [-0.25, -0.2) is 9.78 Å². The third-order valence-electron chi connectivity index (χ3n) is 4.44. The second kappa shape index (κ2) is 9.53. The van der Waals surface area contributed by atoms with E-state index < -0.39 is 6.09 Å². The van der Waals surface area contributed by atoms with Crippen molar-refractivity contribution in [1.29, 1.82) is 0 Å². The van der Waals surface area contributed by atoms with E-state index in [0.717, 1.165) is 0 Å². The number of ether oxygens (including phenoxy) is 1. The molecule has 0 unspecified atom stereocenters. The van der Waals surface area contributed by atoms with Crippen LogP contribution in [0.4, 0.5) is 4.79 Å². The van der Waals surface area contributed by atoms with Crippen LogP contribution in [-0.4, -0.2) is 58.3 Å². The van der Waals surface area contributed by atoms with Gasteiger partial charge in [-0.3, -0.25) is 9.78 Å². The first-order chi connectivity index (χ1) is 12.0. The number of halogens is 1. The van der Waals surface area contributed by atoms with Crippen molar-refractivity contribution < 1.29 is 19.4 Å². The fourth-order valence-corrected chi connectivity index (χ4v) is 3.23. The van der Waals surface area contributed by atoms with Crippen LogP contribution in [0.1, 0.15) is 31.4 Å². The summed E-state index contributed by atoms with van der Waals surface area (Å²) in [5, 5.41) is 12.4. The zero-order chi connectivity index (χ0) is 18.2. The number of carbonyl (C=O) groups excluding carboxylic acids is 1. The Morgan fingerprint density at radius 1 is 1.32 bits per heavy atom. The number of nitrogens with one attached hydrogen (secondary N) is 1.